The Hall–Kier alpha value is -0.160. The summed E-state index contributed by atoms with van der Waals surface area (Å²) in [5.74, 6) is 0.577. The highest BCUT2D eigenvalue weighted by Crippen LogP contribution is 2.42. The predicted molar refractivity (Wildman–Crippen MR) is 84.4 cm³/mol. The van der Waals surface area contributed by atoms with Crippen molar-refractivity contribution >= 4 is 0 Å². The summed E-state index contributed by atoms with van der Waals surface area (Å²) >= 11 is 0. The van der Waals surface area contributed by atoms with Crippen LogP contribution in [-0.4, -0.2) is 45.3 Å². The zero-order valence-corrected chi connectivity index (χ0v) is 14.0. The Labute approximate surface area is 129 Å². The lowest BCUT2D eigenvalue weighted by molar-refractivity contribution is -0.164. The van der Waals surface area contributed by atoms with Crippen molar-refractivity contribution in [3.05, 3.63) is 0 Å². The van der Waals surface area contributed by atoms with Crippen LogP contribution < -0.4 is 5.32 Å². The molecule has 1 N–H and O–H groups in total. The average molecular weight is 299 g/mol. The summed E-state index contributed by atoms with van der Waals surface area (Å²) in [6.45, 7) is 4.10. The quantitative estimate of drug-likeness (QED) is 0.733. The van der Waals surface area contributed by atoms with Gasteiger partial charge in [-0.25, -0.2) is 0 Å². The lowest BCUT2D eigenvalue weighted by atomic mass is 9.74. The largest absolute Gasteiger partial charge is 0.375 e. The van der Waals surface area contributed by atoms with Crippen molar-refractivity contribution in [1.29, 1.82) is 0 Å². The summed E-state index contributed by atoms with van der Waals surface area (Å²) in [6, 6.07) is 0.266. The van der Waals surface area contributed by atoms with E-state index in [2.05, 4.69) is 12.2 Å². The summed E-state index contributed by atoms with van der Waals surface area (Å²) in [5.41, 5.74) is 0.138. The van der Waals surface area contributed by atoms with E-state index in [-0.39, 0.29) is 17.9 Å². The molecular formula is C17H33NO3. The molecule has 124 valence electrons. The van der Waals surface area contributed by atoms with E-state index < -0.39 is 0 Å². The Balaban J connectivity index is 2.03. The van der Waals surface area contributed by atoms with E-state index in [9.17, 15) is 0 Å². The van der Waals surface area contributed by atoms with Gasteiger partial charge in [0.15, 0.2) is 6.29 Å². The second kappa shape index (κ2) is 8.47. The molecule has 1 aliphatic carbocycles. The molecule has 0 aromatic rings. The van der Waals surface area contributed by atoms with Gasteiger partial charge >= 0.3 is 0 Å². The molecule has 0 aromatic carbocycles. The van der Waals surface area contributed by atoms with Gasteiger partial charge in [-0.1, -0.05) is 26.2 Å². The minimum absolute atomic E-state index is 0.138. The average Bonchev–Trinajstić information content (AvgIpc) is 2.52. The SMILES string of the molecule is CCCNC(C1CCOC2(CCCCC2)C1)C(OC)OC. The third-order valence-corrected chi connectivity index (χ3v) is 5.19. The maximum absolute atomic E-state index is 6.23. The number of nitrogens with one attached hydrogen (secondary N) is 1. The van der Waals surface area contributed by atoms with Gasteiger partial charge in [-0.3, -0.25) is 0 Å². The molecule has 1 heterocycles. The van der Waals surface area contributed by atoms with E-state index in [4.69, 9.17) is 14.2 Å². The molecule has 0 aromatic heterocycles. The highest BCUT2D eigenvalue weighted by molar-refractivity contribution is 4.94. The van der Waals surface area contributed by atoms with Gasteiger partial charge in [0.1, 0.15) is 0 Å². The van der Waals surface area contributed by atoms with Crippen LogP contribution in [0.1, 0.15) is 58.3 Å². The Morgan fingerprint density at radius 1 is 1.19 bits per heavy atom. The van der Waals surface area contributed by atoms with Crippen LogP contribution in [0, 0.1) is 5.92 Å². The molecule has 2 rings (SSSR count). The predicted octanol–water partition coefficient (Wildman–Crippen LogP) is 3.10. The number of hydrogen-bond donors (Lipinski definition) is 1. The standard InChI is InChI=1S/C17H33NO3/c1-4-11-18-15(16(19-2)20-3)14-8-12-21-17(13-14)9-6-5-7-10-17/h14-16,18H,4-13H2,1-3H3. The van der Waals surface area contributed by atoms with Crippen LogP contribution in [0.5, 0.6) is 0 Å². The van der Waals surface area contributed by atoms with Crippen molar-refractivity contribution in [3.63, 3.8) is 0 Å². The molecule has 0 bridgehead atoms. The molecule has 1 aliphatic heterocycles. The molecule has 2 unspecified atom stereocenters. The minimum atomic E-state index is -0.166. The van der Waals surface area contributed by atoms with E-state index in [1.807, 2.05) is 0 Å². The smallest absolute Gasteiger partial charge is 0.172 e. The summed E-state index contributed by atoms with van der Waals surface area (Å²) < 4.78 is 17.4. The first-order valence-electron chi connectivity index (χ1n) is 8.67. The molecule has 1 saturated carbocycles. The fraction of sp³-hybridized carbons (Fsp3) is 1.00. The van der Waals surface area contributed by atoms with Crippen LogP contribution in [0.15, 0.2) is 0 Å². The summed E-state index contributed by atoms with van der Waals surface area (Å²) in [4.78, 5) is 0. The van der Waals surface area contributed by atoms with Crippen LogP contribution in [-0.2, 0) is 14.2 Å². The van der Waals surface area contributed by atoms with E-state index in [0.29, 0.717) is 5.92 Å². The highest BCUT2D eigenvalue weighted by Gasteiger charge is 2.42. The molecule has 1 saturated heterocycles. The molecule has 2 atom stereocenters. The van der Waals surface area contributed by atoms with Gasteiger partial charge in [0.05, 0.1) is 11.6 Å². The third-order valence-electron chi connectivity index (χ3n) is 5.19. The molecule has 0 radical (unpaired) electrons. The first-order chi connectivity index (χ1) is 10.2. The van der Waals surface area contributed by atoms with Gasteiger partial charge in [-0.05, 0) is 44.6 Å². The Morgan fingerprint density at radius 2 is 1.90 bits per heavy atom. The van der Waals surface area contributed by atoms with Crippen LogP contribution >= 0.6 is 0 Å². The lowest BCUT2D eigenvalue weighted by Crippen LogP contribution is -2.53. The topological polar surface area (TPSA) is 39.7 Å². The van der Waals surface area contributed by atoms with Crippen molar-refractivity contribution < 1.29 is 14.2 Å². The van der Waals surface area contributed by atoms with Crippen molar-refractivity contribution in [2.24, 2.45) is 5.92 Å². The zero-order chi connectivity index (χ0) is 15.1. The van der Waals surface area contributed by atoms with E-state index in [1.165, 1.54) is 32.1 Å². The minimum Gasteiger partial charge on any atom is -0.375 e. The molecule has 4 heteroatoms. The van der Waals surface area contributed by atoms with Crippen LogP contribution in [0.25, 0.3) is 0 Å². The van der Waals surface area contributed by atoms with Crippen molar-refractivity contribution in [1.82, 2.24) is 5.32 Å². The Bertz CT molecular complexity index is 282. The normalized spacial score (nSPS) is 27.1. The number of rotatable bonds is 7. The van der Waals surface area contributed by atoms with Crippen LogP contribution in [0.3, 0.4) is 0 Å². The van der Waals surface area contributed by atoms with Gasteiger partial charge in [-0.2, -0.15) is 0 Å². The van der Waals surface area contributed by atoms with Gasteiger partial charge in [0, 0.05) is 20.8 Å². The fourth-order valence-corrected chi connectivity index (χ4v) is 4.10. The third kappa shape index (κ3) is 4.41. The van der Waals surface area contributed by atoms with Crippen molar-refractivity contribution in [3.8, 4) is 0 Å². The van der Waals surface area contributed by atoms with Crippen LogP contribution in [0.4, 0.5) is 0 Å². The van der Waals surface area contributed by atoms with Crippen molar-refractivity contribution in [2.45, 2.75) is 76.2 Å². The van der Waals surface area contributed by atoms with Gasteiger partial charge in [-0.15, -0.1) is 0 Å². The molecule has 0 amide bonds. The number of methoxy groups -OCH3 is 2. The molecule has 1 spiro atoms. The molecule has 4 nitrogen and oxygen atoms in total. The van der Waals surface area contributed by atoms with Gasteiger partial charge in [0.2, 0.25) is 0 Å². The molecule has 2 fully saturated rings. The van der Waals surface area contributed by atoms with E-state index >= 15 is 0 Å². The molecule has 2 aliphatic rings. The summed E-state index contributed by atoms with van der Waals surface area (Å²) in [7, 11) is 3.48. The first kappa shape index (κ1) is 17.2. The summed E-state index contributed by atoms with van der Waals surface area (Å²) in [6.07, 6.45) is 9.68. The van der Waals surface area contributed by atoms with Crippen molar-refractivity contribution in [2.75, 3.05) is 27.4 Å². The van der Waals surface area contributed by atoms with Crippen LogP contribution in [0.2, 0.25) is 0 Å². The lowest BCUT2D eigenvalue weighted by Gasteiger charge is -2.46. The number of hydrogen-bond acceptors (Lipinski definition) is 4. The van der Waals surface area contributed by atoms with Gasteiger partial charge in [0.25, 0.3) is 0 Å². The Kier molecular flexibility index (Phi) is 6.93. The number of ether oxygens (including phenoxy) is 3. The fourth-order valence-electron chi connectivity index (χ4n) is 4.10. The molecular weight excluding hydrogens is 266 g/mol. The summed E-state index contributed by atoms with van der Waals surface area (Å²) in [5, 5.41) is 3.66. The monoisotopic (exact) mass is 299 g/mol. The Morgan fingerprint density at radius 3 is 2.52 bits per heavy atom. The van der Waals surface area contributed by atoms with Gasteiger partial charge < -0.3 is 19.5 Å². The maximum atomic E-state index is 6.23. The second-order valence-corrected chi connectivity index (χ2v) is 6.66. The van der Waals surface area contributed by atoms with E-state index in [1.54, 1.807) is 14.2 Å². The second-order valence-electron chi connectivity index (χ2n) is 6.66. The van der Waals surface area contributed by atoms with E-state index in [0.717, 1.165) is 32.4 Å². The zero-order valence-electron chi connectivity index (χ0n) is 14.0. The highest BCUT2D eigenvalue weighted by atomic mass is 16.7. The first-order valence-corrected chi connectivity index (χ1v) is 8.67. The molecule has 21 heavy (non-hydrogen) atoms. The maximum Gasteiger partial charge on any atom is 0.172 e.